The fourth-order valence-electron chi connectivity index (χ4n) is 1.64. The van der Waals surface area contributed by atoms with E-state index in [1.54, 1.807) is 20.8 Å². The third-order valence-electron chi connectivity index (χ3n) is 2.71. The van der Waals surface area contributed by atoms with Gasteiger partial charge in [-0.25, -0.2) is 9.59 Å². The van der Waals surface area contributed by atoms with Crippen LogP contribution < -0.4 is 5.32 Å². The molecular weight excluding hydrogens is 302 g/mol. The van der Waals surface area contributed by atoms with Gasteiger partial charge in [-0.1, -0.05) is 6.92 Å². The van der Waals surface area contributed by atoms with E-state index in [1.165, 1.54) is 0 Å². The van der Waals surface area contributed by atoms with E-state index in [1.807, 2.05) is 6.92 Å². The van der Waals surface area contributed by atoms with Crippen LogP contribution in [0.5, 0.6) is 0 Å². The first-order chi connectivity index (χ1) is 10.6. The summed E-state index contributed by atoms with van der Waals surface area (Å²) < 4.78 is 4.98. The number of carbonyl (C=O) groups is 3. The summed E-state index contributed by atoms with van der Waals surface area (Å²) in [6, 6.07) is -1.35. The fourth-order valence-corrected chi connectivity index (χ4v) is 1.64. The molecule has 0 radical (unpaired) electrons. The number of carbonyl (C=O) groups excluding carboxylic acids is 1. The molecule has 0 rings (SSSR count). The van der Waals surface area contributed by atoms with Crippen LogP contribution in [0, 0.1) is 17.8 Å². The second kappa shape index (κ2) is 9.72. The molecule has 2 atom stereocenters. The maximum Gasteiger partial charge on any atom is 0.408 e. The van der Waals surface area contributed by atoms with Gasteiger partial charge in [0.1, 0.15) is 11.6 Å². The van der Waals surface area contributed by atoms with Gasteiger partial charge < -0.3 is 20.3 Å². The molecule has 1 amide bonds. The van der Waals surface area contributed by atoms with Crippen LogP contribution in [0.25, 0.3) is 0 Å². The summed E-state index contributed by atoms with van der Waals surface area (Å²) in [6.07, 6.45) is 0.402. The minimum absolute atomic E-state index is 0.0368. The molecule has 0 aromatic heterocycles. The standard InChI is InChI=1S/C16H25NO6/c1-5-6-7-8-9-11(13(18)19)10-12(14(20)21)17-15(22)23-16(2,3)4/h11-12H,5-6,9-10H2,1-4H3,(H,17,22)(H,18,19)(H,20,21)/t11-,12+/m1/s1. The topological polar surface area (TPSA) is 113 Å². The molecule has 0 unspecified atom stereocenters. The van der Waals surface area contributed by atoms with Gasteiger partial charge >= 0.3 is 18.0 Å². The monoisotopic (exact) mass is 327 g/mol. The number of rotatable bonds is 7. The minimum Gasteiger partial charge on any atom is -0.481 e. The predicted molar refractivity (Wildman–Crippen MR) is 83.8 cm³/mol. The van der Waals surface area contributed by atoms with Gasteiger partial charge in [0.05, 0.1) is 5.92 Å². The van der Waals surface area contributed by atoms with Gasteiger partial charge in [-0.3, -0.25) is 4.79 Å². The number of hydrogen-bond acceptors (Lipinski definition) is 4. The second-order valence-electron chi connectivity index (χ2n) is 6.12. The lowest BCUT2D eigenvalue weighted by Gasteiger charge is -2.23. The zero-order valence-corrected chi connectivity index (χ0v) is 14.0. The molecule has 0 aromatic rings. The second-order valence-corrected chi connectivity index (χ2v) is 6.12. The van der Waals surface area contributed by atoms with Crippen LogP contribution in [0.15, 0.2) is 0 Å². The number of hydrogen-bond donors (Lipinski definition) is 3. The predicted octanol–water partition coefficient (Wildman–Crippen LogP) is 2.25. The fraction of sp³-hybridized carbons (Fsp3) is 0.688. The molecule has 0 fully saturated rings. The first-order valence-corrected chi connectivity index (χ1v) is 7.47. The highest BCUT2D eigenvalue weighted by Gasteiger charge is 2.29. The Hall–Kier alpha value is -2.23. The maximum absolute atomic E-state index is 11.7. The maximum atomic E-state index is 11.7. The van der Waals surface area contributed by atoms with Crippen LogP contribution in [0.1, 0.15) is 53.4 Å². The highest BCUT2D eigenvalue weighted by Crippen LogP contribution is 2.13. The molecule has 130 valence electrons. The zero-order chi connectivity index (χ0) is 18.0. The molecule has 0 spiro atoms. The molecule has 23 heavy (non-hydrogen) atoms. The Morgan fingerprint density at radius 1 is 1.13 bits per heavy atom. The first-order valence-electron chi connectivity index (χ1n) is 7.47. The minimum atomic E-state index is -1.35. The zero-order valence-electron chi connectivity index (χ0n) is 14.0. The Balaban J connectivity index is 4.81. The van der Waals surface area contributed by atoms with Crippen molar-refractivity contribution in [3.05, 3.63) is 0 Å². The van der Waals surface area contributed by atoms with Crippen molar-refractivity contribution in [3.8, 4) is 11.8 Å². The van der Waals surface area contributed by atoms with Crippen molar-refractivity contribution in [2.75, 3.05) is 0 Å². The number of ether oxygens (including phenoxy) is 1. The van der Waals surface area contributed by atoms with Gasteiger partial charge in [0.15, 0.2) is 0 Å². The van der Waals surface area contributed by atoms with Crippen LogP contribution in [0.2, 0.25) is 0 Å². The van der Waals surface area contributed by atoms with Gasteiger partial charge in [-0.05, 0) is 33.6 Å². The molecule has 0 saturated heterocycles. The lowest BCUT2D eigenvalue weighted by molar-refractivity contribution is -0.144. The molecule has 0 aliphatic heterocycles. The third-order valence-corrected chi connectivity index (χ3v) is 2.71. The molecule has 0 aromatic carbocycles. The van der Waals surface area contributed by atoms with Gasteiger partial charge in [0, 0.05) is 12.8 Å². The summed E-state index contributed by atoms with van der Waals surface area (Å²) >= 11 is 0. The number of carboxylic acids is 2. The normalized spacial score (nSPS) is 13.2. The van der Waals surface area contributed by atoms with E-state index in [4.69, 9.17) is 9.84 Å². The Bertz CT molecular complexity index is 483. The largest absolute Gasteiger partial charge is 0.481 e. The Morgan fingerprint density at radius 3 is 2.17 bits per heavy atom. The van der Waals surface area contributed by atoms with Crippen molar-refractivity contribution >= 4 is 18.0 Å². The summed E-state index contributed by atoms with van der Waals surface area (Å²) in [5.74, 6) is 2.12. The summed E-state index contributed by atoms with van der Waals surface area (Å²) in [6.45, 7) is 6.89. The lowest BCUT2D eigenvalue weighted by atomic mass is 9.96. The molecule has 0 aliphatic carbocycles. The van der Waals surface area contributed by atoms with E-state index in [0.29, 0.717) is 6.42 Å². The van der Waals surface area contributed by atoms with Crippen molar-refractivity contribution in [2.45, 2.75) is 65.0 Å². The van der Waals surface area contributed by atoms with Crippen molar-refractivity contribution in [1.29, 1.82) is 0 Å². The molecular formula is C16H25NO6. The van der Waals surface area contributed by atoms with Crippen LogP contribution in [-0.2, 0) is 14.3 Å². The van der Waals surface area contributed by atoms with Crippen molar-refractivity contribution < 1.29 is 29.3 Å². The van der Waals surface area contributed by atoms with Gasteiger partial charge in [-0.2, -0.15) is 0 Å². The van der Waals surface area contributed by atoms with Crippen molar-refractivity contribution in [2.24, 2.45) is 5.92 Å². The van der Waals surface area contributed by atoms with Gasteiger partial charge in [0.25, 0.3) is 0 Å². The first kappa shape index (κ1) is 20.8. The third kappa shape index (κ3) is 10.2. The number of amides is 1. The van der Waals surface area contributed by atoms with Crippen LogP contribution in [-0.4, -0.2) is 39.9 Å². The SMILES string of the molecule is CCCC#CC[C@H](C[C@H](NC(=O)OC(C)(C)C)C(=O)O)C(=O)O. The van der Waals surface area contributed by atoms with Crippen molar-refractivity contribution in [1.82, 2.24) is 5.32 Å². The van der Waals surface area contributed by atoms with Gasteiger partial charge in [-0.15, -0.1) is 11.8 Å². The average molecular weight is 327 g/mol. The highest BCUT2D eigenvalue weighted by atomic mass is 16.6. The number of carboxylic acid groups (broad SMARTS) is 2. The summed E-state index contributed by atoms with van der Waals surface area (Å²) in [5.41, 5.74) is -0.773. The smallest absolute Gasteiger partial charge is 0.408 e. The average Bonchev–Trinajstić information content (AvgIpc) is 2.38. The summed E-state index contributed by atoms with van der Waals surface area (Å²) in [4.78, 5) is 34.1. The Morgan fingerprint density at radius 2 is 1.74 bits per heavy atom. The quantitative estimate of drug-likeness (QED) is 0.618. The van der Waals surface area contributed by atoms with Crippen LogP contribution in [0.4, 0.5) is 4.79 Å². The van der Waals surface area contributed by atoms with Crippen molar-refractivity contribution in [3.63, 3.8) is 0 Å². The number of unbranched alkanes of at least 4 members (excludes halogenated alkanes) is 1. The summed E-state index contributed by atoms with van der Waals surface area (Å²) in [7, 11) is 0. The van der Waals surface area contributed by atoms with Crippen LogP contribution in [0.3, 0.4) is 0 Å². The summed E-state index contributed by atoms with van der Waals surface area (Å²) in [5, 5.41) is 20.5. The van der Waals surface area contributed by atoms with E-state index >= 15 is 0 Å². The lowest BCUT2D eigenvalue weighted by Crippen LogP contribution is -2.45. The van der Waals surface area contributed by atoms with Crippen LogP contribution >= 0.6 is 0 Å². The van der Waals surface area contributed by atoms with E-state index in [0.717, 1.165) is 6.42 Å². The van der Waals surface area contributed by atoms with E-state index in [2.05, 4.69) is 17.2 Å². The Kier molecular flexibility index (Phi) is 8.78. The van der Waals surface area contributed by atoms with E-state index in [9.17, 15) is 19.5 Å². The number of alkyl carbamates (subject to hydrolysis) is 1. The molecule has 0 heterocycles. The molecule has 7 heteroatoms. The molecule has 0 bridgehead atoms. The molecule has 3 N–H and O–H groups in total. The van der Waals surface area contributed by atoms with Gasteiger partial charge in [0.2, 0.25) is 0 Å². The molecule has 0 aliphatic rings. The molecule has 7 nitrogen and oxygen atoms in total. The number of nitrogens with one attached hydrogen (secondary N) is 1. The highest BCUT2D eigenvalue weighted by molar-refractivity contribution is 5.81. The Labute approximate surface area is 136 Å². The molecule has 0 saturated carbocycles. The van der Waals surface area contributed by atoms with E-state index < -0.39 is 35.6 Å². The van der Waals surface area contributed by atoms with E-state index in [-0.39, 0.29) is 12.8 Å². The number of aliphatic carboxylic acids is 2.